The van der Waals surface area contributed by atoms with Crippen molar-refractivity contribution in [1.82, 2.24) is 19.4 Å². The highest BCUT2D eigenvalue weighted by Crippen LogP contribution is 2.33. The fourth-order valence-corrected chi connectivity index (χ4v) is 3.40. The fraction of sp³-hybridized carbons (Fsp3) is 0.190. The van der Waals surface area contributed by atoms with Gasteiger partial charge in [0.05, 0.1) is 4.88 Å². The van der Waals surface area contributed by atoms with Crippen molar-refractivity contribution in [1.29, 1.82) is 0 Å². The Morgan fingerprint density at radius 3 is 2.67 bits per heavy atom. The van der Waals surface area contributed by atoms with Crippen LogP contribution in [0.5, 0.6) is 0 Å². The average Bonchev–Trinajstić information content (AvgIpc) is 3.25. The number of fused-ring (bicyclic) bond motifs is 1. The topological polar surface area (TPSA) is 55.1 Å². The van der Waals surface area contributed by atoms with E-state index < -0.39 is 0 Å². The van der Waals surface area contributed by atoms with Gasteiger partial charge < -0.3 is 5.32 Å². The molecule has 0 saturated heterocycles. The van der Waals surface area contributed by atoms with Gasteiger partial charge in [-0.2, -0.15) is 0 Å². The SMILES string of the molecule is CC(C)(C)Nc1c(-c2cnc(C#Cc3ccccn3)s2)nc2ccccn12. The molecular formula is C21H19N5S. The standard InChI is InChI=1S/C21H19N5S/c1-21(2,3)25-20-19(24-17-9-5-7-13-26(17)20)16-14-23-18(27-16)11-10-15-8-4-6-12-22-15/h4-9,12-14,25H,1-3H3. The van der Waals surface area contributed by atoms with Gasteiger partial charge >= 0.3 is 0 Å². The Hall–Kier alpha value is -3.17. The van der Waals surface area contributed by atoms with Crippen LogP contribution in [0.25, 0.3) is 16.2 Å². The molecule has 0 aromatic carbocycles. The van der Waals surface area contributed by atoms with Gasteiger partial charge in [0.25, 0.3) is 0 Å². The second kappa shape index (κ2) is 6.86. The number of anilines is 1. The molecule has 0 amide bonds. The van der Waals surface area contributed by atoms with Gasteiger partial charge in [0.2, 0.25) is 0 Å². The van der Waals surface area contributed by atoms with E-state index in [4.69, 9.17) is 4.98 Å². The highest BCUT2D eigenvalue weighted by molar-refractivity contribution is 7.15. The summed E-state index contributed by atoms with van der Waals surface area (Å²) in [6.07, 6.45) is 5.59. The number of rotatable bonds is 2. The molecule has 1 N–H and O–H groups in total. The quantitative estimate of drug-likeness (QED) is 0.527. The number of aromatic nitrogens is 4. The zero-order chi connectivity index (χ0) is 18.9. The molecule has 0 spiro atoms. The lowest BCUT2D eigenvalue weighted by Crippen LogP contribution is -2.27. The van der Waals surface area contributed by atoms with Crippen LogP contribution in [0.4, 0.5) is 5.82 Å². The lowest BCUT2D eigenvalue weighted by Gasteiger charge is -2.22. The van der Waals surface area contributed by atoms with Crippen LogP contribution in [0.3, 0.4) is 0 Å². The highest BCUT2D eigenvalue weighted by atomic mass is 32.1. The Morgan fingerprint density at radius 1 is 1.04 bits per heavy atom. The van der Waals surface area contributed by atoms with Gasteiger partial charge in [-0.15, -0.1) is 11.3 Å². The molecule has 27 heavy (non-hydrogen) atoms. The molecule has 0 bridgehead atoms. The normalized spacial score (nSPS) is 11.2. The van der Waals surface area contributed by atoms with E-state index in [9.17, 15) is 0 Å². The maximum Gasteiger partial charge on any atom is 0.167 e. The zero-order valence-corrected chi connectivity index (χ0v) is 16.2. The van der Waals surface area contributed by atoms with Crippen molar-refractivity contribution in [2.75, 3.05) is 5.32 Å². The van der Waals surface area contributed by atoms with Crippen molar-refractivity contribution in [2.45, 2.75) is 26.3 Å². The van der Waals surface area contributed by atoms with Gasteiger partial charge in [-0.05, 0) is 56.9 Å². The van der Waals surface area contributed by atoms with E-state index in [1.807, 2.05) is 48.8 Å². The molecule has 4 heterocycles. The first kappa shape index (κ1) is 17.3. The second-order valence-corrected chi connectivity index (χ2v) is 8.14. The van der Waals surface area contributed by atoms with Crippen LogP contribution >= 0.6 is 11.3 Å². The number of hydrogen-bond acceptors (Lipinski definition) is 5. The lowest BCUT2D eigenvalue weighted by molar-refractivity contribution is 0.629. The monoisotopic (exact) mass is 373 g/mol. The molecule has 4 rings (SSSR count). The van der Waals surface area contributed by atoms with E-state index in [1.54, 1.807) is 6.20 Å². The molecule has 0 aliphatic heterocycles. The van der Waals surface area contributed by atoms with Crippen molar-refractivity contribution in [3.05, 3.63) is 65.7 Å². The van der Waals surface area contributed by atoms with Crippen LogP contribution in [0.15, 0.2) is 55.0 Å². The van der Waals surface area contributed by atoms with Crippen LogP contribution in [-0.4, -0.2) is 24.9 Å². The van der Waals surface area contributed by atoms with Crippen molar-refractivity contribution < 1.29 is 0 Å². The van der Waals surface area contributed by atoms with E-state index >= 15 is 0 Å². The van der Waals surface area contributed by atoms with Crippen molar-refractivity contribution in [2.24, 2.45) is 0 Å². The van der Waals surface area contributed by atoms with Crippen molar-refractivity contribution in [3.8, 4) is 22.4 Å². The van der Waals surface area contributed by atoms with Gasteiger partial charge in [-0.3, -0.25) is 4.40 Å². The summed E-state index contributed by atoms with van der Waals surface area (Å²) in [5, 5.41) is 4.32. The van der Waals surface area contributed by atoms with E-state index in [1.165, 1.54) is 11.3 Å². The highest BCUT2D eigenvalue weighted by Gasteiger charge is 2.20. The Labute approximate surface area is 162 Å². The minimum absolute atomic E-state index is 0.0904. The molecular weight excluding hydrogens is 354 g/mol. The average molecular weight is 373 g/mol. The van der Waals surface area contributed by atoms with E-state index in [0.717, 1.165) is 32.7 Å². The molecule has 0 fully saturated rings. The van der Waals surface area contributed by atoms with E-state index in [-0.39, 0.29) is 5.54 Å². The molecule has 4 aromatic heterocycles. The maximum absolute atomic E-state index is 4.81. The molecule has 4 aromatic rings. The molecule has 6 heteroatoms. The third-order valence-electron chi connectivity index (χ3n) is 3.72. The number of pyridine rings is 2. The summed E-state index contributed by atoms with van der Waals surface area (Å²) < 4.78 is 2.07. The Bertz CT molecular complexity index is 1140. The summed E-state index contributed by atoms with van der Waals surface area (Å²) >= 11 is 1.53. The number of imidazole rings is 1. The second-order valence-electron chi connectivity index (χ2n) is 7.11. The fourth-order valence-electron chi connectivity index (χ4n) is 2.64. The van der Waals surface area contributed by atoms with Crippen molar-refractivity contribution >= 4 is 22.8 Å². The Kier molecular flexibility index (Phi) is 4.38. The first-order chi connectivity index (χ1) is 13.0. The zero-order valence-electron chi connectivity index (χ0n) is 15.4. The predicted octanol–water partition coefficient (Wildman–Crippen LogP) is 4.46. The number of hydrogen-bond donors (Lipinski definition) is 1. The van der Waals surface area contributed by atoms with Crippen LogP contribution in [0.1, 0.15) is 31.5 Å². The summed E-state index contributed by atoms with van der Waals surface area (Å²) in [6, 6.07) is 11.7. The molecule has 0 atom stereocenters. The molecule has 5 nitrogen and oxygen atoms in total. The number of nitrogens with one attached hydrogen (secondary N) is 1. The molecule has 0 unspecified atom stereocenters. The largest absolute Gasteiger partial charge is 0.365 e. The summed E-state index contributed by atoms with van der Waals surface area (Å²) in [5.74, 6) is 7.11. The van der Waals surface area contributed by atoms with E-state index in [2.05, 4.69) is 52.3 Å². The Balaban J connectivity index is 1.74. The van der Waals surface area contributed by atoms with Crippen LogP contribution in [-0.2, 0) is 0 Å². The Morgan fingerprint density at radius 2 is 1.89 bits per heavy atom. The van der Waals surface area contributed by atoms with Crippen LogP contribution < -0.4 is 5.32 Å². The van der Waals surface area contributed by atoms with Crippen molar-refractivity contribution in [3.63, 3.8) is 0 Å². The maximum atomic E-state index is 4.81. The van der Waals surface area contributed by atoms with Crippen LogP contribution in [0, 0.1) is 11.8 Å². The number of nitrogens with zero attached hydrogens (tertiary/aromatic N) is 4. The smallest absolute Gasteiger partial charge is 0.167 e. The molecule has 0 saturated carbocycles. The van der Waals surface area contributed by atoms with Crippen LogP contribution in [0.2, 0.25) is 0 Å². The first-order valence-corrected chi connectivity index (χ1v) is 9.46. The van der Waals surface area contributed by atoms with Gasteiger partial charge in [0, 0.05) is 24.1 Å². The third-order valence-corrected chi connectivity index (χ3v) is 4.64. The summed E-state index contributed by atoms with van der Waals surface area (Å²) in [5.41, 5.74) is 2.43. The third kappa shape index (κ3) is 3.83. The molecule has 134 valence electrons. The number of thiazole rings is 1. The summed E-state index contributed by atoms with van der Waals surface area (Å²) in [4.78, 5) is 14.5. The lowest BCUT2D eigenvalue weighted by atomic mass is 10.1. The summed E-state index contributed by atoms with van der Waals surface area (Å²) in [6.45, 7) is 6.40. The predicted molar refractivity (Wildman–Crippen MR) is 110 cm³/mol. The minimum Gasteiger partial charge on any atom is -0.365 e. The first-order valence-electron chi connectivity index (χ1n) is 8.64. The van der Waals surface area contributed by atoms with E-state index in [0.29, 0.717) is 0 Å². The molecule has 0 aliphatic carbocycles. The van der Waals surface area contributed by atoms with Gasteiger partial charge in [-0.1, -0.05) is 12.1 Å². The van der Waals surface area contributed by atoms with Gasteiger partial charge in [0.15, 0.2) is 5.01 Å². The minimum atomic E-state index is -0.0904. The summed E-state index contributed by atoms with van der Waals surface area (Å²) in [7, 11) is 0. The molecule has 0 aliphatic rings. The molecule has 0 radical (unpaired) electrons. The van der Waals surface area contributed by atoms with Gasteiger partial charge in [0.1, 0.15) is 22.9 Å². The van der Waals surface area contributed by atoms with Gasteiger partial charge in [-0.25, -0.2) is 15.0 Å².